The molecule has 5 atom stereocenters. The van der Waals surface area contributed by atoms with Gasteiger partial charge in [0.1, 0.15) is 24.2 Å². The van der Waals surface area contributed by atoms with E-state index in [2.05, 4.69) is 51.8 Å². The van der Waals surface area contributed by atoms with E-state index in [1.807, 2.05) is 0 Å². The van der Waals surface area contributed by atoms with E-state index < -0.39 is 59.8 Å². The minimum atomic E-state index is -1.38. The van der Waals surface area contributed by atoms with E-state index in [4.69, 9.17) is 33.8 Å². The smallest absolute Gasteiger partial charge is 0.326 e. The number of carboxylic acid groups (broad SMARTS) is 1. The molecule has 288 valence electrons. The van der Waals surface area contributed by atoms with Crippen LogP contribution in [0.25, 0.3) is 0 Å². The Bertz CT molecular complexity index is 1440. The molecule has 0 fully saturated rings. The second kappa shape index (κ2) is 22.8. The highest BCUT2D eigenvalue weighted by Crippen LogP contribution is 2.08. The fraction of sp³-hybridized carbons (Fsp3) is 0.567. The van der Waals surface area contributed by atoms with Crippen molar-refractivity contribution in [3.05, 3.63) is 36.4 Å². The van der Waals surface area contributed by atoms with Crippen molar-refractivity contribution in [3.8, 4) is 0 Å². The van der Waals surface area contributed by atoms with Crippen LogP contribution in [0.3, 0.4) is 0 Å². The van der Waals surface area contributed by atoms with Gasteiger partial charge in [0, 0.05) is 38.3 Å². The van der Waals surface area contributed by atoms with Crippen LogP contribution in [0.5, 0.6) is 0 Å². The number of hydrogen-bond donors (Lipinski definition) is 15. The molecule has 2 aromatic rings. The molecule has 0 bridgehead atoms. The fourth-order valence-electron chi connectivity index (χ4n) is 4.96. The van der Waals surface area contributed by atoms with Gasteiger partial charge in [0.15, 0.2) is 11.9 Å². The molecule has 52 heavy (non-hydrogen) atoms. The van der Waals surface area contributed by atoms with Gasteiger partial charge in [-0.1, -0.05) is 6.42 Å². The number of carbonyl (C=O) groups is 5. The summed E-state index contributed by atoms with van der Waals surface area (Å²) in [5.41, 5.74) is 23.2. The van der Waals surface area contributed by atoms with E-state index >= 15 is 0 Å². The molecule has 4 amide bonds. The maximum absolute atomic E-state index is 13.8. The van der Waals surface area contributed by atoms with Gasteiger partial charge in [0.25, 0.3) is 0 Å². The number of aromatic nitrogens is 4. The average Bonchev–Trinajstić information content (AvgIpc) is 3.81. The monoisotopic (exact) mass is 732 g/mol. The summed E-state index contributed by atoms with van der Waals surface area (Å²) in [4.78, 5) is 79.7. The zero-order valence-corrected chi connectivity index (χ0v) is 28.9. The zero-order valence-electron chi connectivity index (χ0n) is 28.9. The summed E-state index contributed by atoms with van der Waals surface area (Å²) < 4.78 is 0. The molecule has 0 unspecified atom stereocenters. The van der Waals surface area contributed by atoms with Gasteiger partial charge in [-0.15, -0.1) is 0 Å². The van der Waals surface area contributed by atoms with E-state index in [0.29, 0.717) is 37.2 Å². The SMILES string of the molecule is N=C(N)NCCC[C@H](NC(=O)[C@H](CCCNC(=N)N)NC(=O)[C@H](Cc1c[nH]cn1)NC(=O)[C@@H](N)CCCCN)C(=O)N[C@@H](Cc1c[nH]cn1)C(=O)O. The number of imidazole rings is 2. The van der Waals surface area contributed by atoms with Gasteiger partial charge in [0.2, 0.25) is 23.6 Å². The summed E-state index contributed by atoms with van der Waals surface area (Å²) in [6.07, 6.45) is 7.72. The number of hydrogen-bond acceptors (Lipinski definition) is 11. The van der Waals surface area contributed by atoms with Crippen LogP contribution in [-0.4, -0.2) is 116 Å². The van der Waals surface area contributed by atoms with Gasteiger partial charge >= 0.3 is 5.97 Å². The second-order valence-electron chi connectivity index (χ2n) is 12.0. The Balaban J connectivity index is 2.30. The van der Waals surface area contributed by atoms with E-state index in [9.17, 15) is 29.1 Å². The summed E-state index contributed by atoms with van der Waals surface area (Å²) in [6.45, 7) is 0.783. The Morgan fingerprint density at radius 1 is 0.673 bits per heavy atom. The third-order valence-corrected chi connectivity index (χ3v) is 7.73. The second-order valence-corrected chi connectivity index (χ2v) is 12.0. The van der Waals surface area contributed by atoms with Crippen LogP contribution >= 0.6 is 0 Å². The largest absolute Gasteiger partial charge is 0.480 e. The quantitative estimate of drug-likeness (QED) is 0.0262. The third kappa shape index (κ3) is 16.3. The highest BCUT2D eigenvalue weighted by molar-refractivity contribution is 5.95. The van der Waals surface area contributed by atoms with Crippen LogP contribution < -0.4 is 54.8 Å². The number of amides is 4. The minimum Gasteiger partial charge on any atom is -0.480 e. The molecule has 2 heterocycles. The van der Waals surface area contributed by atoms with Gasteiger partial charge < -0.3 is 69.9 Å². The number of rotatable bonds is 25. The fourth-order valence-corrected chi connectivity index (χ4v) is 4.96. The molecule has 0 aromatic carbocycles. The van der Waals surface area contributed by atoms with Crippen molar-refractivity contribution in [2.24, 2.45) is 22.9 Å². The topological polar surface area (TPSA) is 387 Å². The first kappa shape index (κ1) is 42.4. The van der Waals surface area contributed by atoms with Crippen LogP contribution in [0.4, 0.5) is 0 Å². The number of carbonyl (C=O) groups excluding carboxylic acids is 4. The maximum atomic E-state index is 13.8. The molecular formula is C30H52N16O6. The summed E-state index contributed by atoms with van der Waals surface area (Å²) >= 11 is 0. The Hall–Kier alpha value is -5.77. The number of unbranched alkanes of at least 4 members (excludes halogenated alkanes) is 1. The van der Waals surface area contributed by atoms with Crippen molar-refractivity contribution in [1.29, 1.82) is 10.8 Å². The Kier molecular flexibility index (Phi) is 18.6. The van der Waals surface area contributed by atoms with Crippen LogP contribution in [-0.2, 0) is 36.8 Å². The first-order valence-corrected chi connectivity index (χ1v) is 16.8. The Labute approximate surface area is 300 Å². The lowest BCUT2D eigenvalue weighted by molar-refractivity contribution is -0.142. The molecule has 2 rings (SSSR count). The summed E-state index contributed by atoms with van der Waals surface area (Å²) in [6, 6.07) is -6.03. The molecule has 0 aliphatic rings. The number of guanidine groups is 2. The number of aliphatic carboxylic acids is 1. The van der Waals surface area contributed by atoms with Crippen molar-refractivity contribution in [2.45, 2.75) is 88.0 Å². The number of nitrogens with one attached hydrogen (secondary N) is 10. The van der Waals surface area contributed by atoms with Crippen molar-refractivity contribution >= 4 is 41.5 Å². The first-order valence-electron chi connectivity index (χ1n) is 16.8. The molecule has 0 saturated heterocycles. The Morgan fingerprint density at radius 2 is 1.12 bits per heavy atom. The normalized spacial score (nSPS) is 13.7. The molecule has 22 nitrogen and oxygen atoms in total. The number of H-pyrrole nitrogens is 2. The molecule has 22 heteroatoms. The highest BCUT2D eigenvalue weighted by atomic mass is 16.4. The van der Waals surface area contributed by atoms with Crippen LogP contribution in [0, 0.1) is 10.8 Å². The van der Waals surface area contributed by atoms with Crippen molar-refractivity contribution in [1.82, 2.24) is 51.8 Å². The predicted molar refractivity (Wildman–Crippen MR) is 189 cm³/mol. The zero-order chi connectivity index (χ0) is 38.5. The predicted octanol–water partition coefficient (Wildman–Crippen LogP) is -4.08. The number of carboxylic acids is 1. The van der Waals surface area contributed by atoms with E-state index in [-0.39, 0.29) is 63.5 Å². The molecule has 0 radical (unpaired) electrons. The third-order valence-electron chi connectivity index (χ3n) is 7.73. The lowest BCUT2D eigenvalue weighted by atomic mass is 10.0. The molecule has 2 aromatic heterocycles. The molecule has 0 aliphatic carbocycles. The number of nitrogens with zero attached hydrogens (tertiary/aromatic N) is 2. The van der Waals surface area contributed by atoms with Crippen LogP contribution in [0.1, 0.15) is 56.3 Å². The number of nitrogens with two attached hydrogens (primary N) is 4. The van der Waals surface area contributed by atoms with Crippen LogP contribution in [0.2, 0.25) is 0 Å². The lowest BCUT2D eigenvalue weighted by Gasteiger charge is -2.26. The van der Waals surface area contributed by atoms with Gasteiger partial charge in [-0.3, -0.25) is 30.0 Å². The summed E-state index contributed by atoms with van der Waals surface area (Å²) in [5.74, 6) is -4.84. The van der Waals surface area contributed by atoms with E-state index in [1.165, 1.54) is 18.9 Å². The van der Waals surface area contributed by atoms with E-state index in [0.717, 1.165) is 0 Å². The van der Waals surface area contributed by atoms with Gasteiger partial charge in [-0.25, -0.2) is 14.8 Å². The van der Waals surface area contributed by atoms with Crippen molar-refractivity contribution in [2.75, 3.05) is 19.6 Å². The molecule has 0 spiro atoms. The van der Waals surface area contributed by atoms with Gasteiger partial charge in [-0.2, -0.15) is 0 Å². The van der Waals surface area contributed by atoms with Crippen molar-refractivity contribution in [3.63, 3.8) is 0 Å². The van der Waals surface area contributed by atoms with Crippen LogP contribution in [0.15, 0.2) is 25.0 Å². The molecule has 0 saturated carbocycles. The average molecular weight is 733 g/mol. The Morgan fingerprint density at radius 3 is 1.54 bits per heavy atom. The minimum absolute atomic E-state index is 0.000951. The molecule has 0 aliphatic heterocycles. The van der Waals surface area contributed by atoms with Gasteiger partial charge in [-0.05, 0) is 45.1 Å². The van der Waals surface area contributed by atoms with Crippen molar-refractivity contribution < 1.29 is 29.1 Å². The maximum Gasteiger partial charge on any atom is 0.326 e. The standard InChI is InChI=1S/C30H52N16O6/c31-8-2-1-5-19(32)24(47)45-22(11-17-13-37-15-41-17)27(50)44-20(6-3-9-39-29(33)34)25(48)43-21(7-4-10-40-30(35)36)26(49)46-23(28(51)52)12-18-14-38-16-42-18/h13-16,19-23H,1-12,31-32H2,(H,37,41)(H,38,42)(H,43,48)(H,44,50)(H,45,47)(H,46,49)(H,51,52)(H4,33,34,39)(H4,35,36,40)/t19-,20-,21-,22-,23-/m0/s1. The summed E-state index contributed by atoms with van der Waals surface area (Å²) in [7, 11) is 0. The van der Waals surface area contributed by atoms with E-state index in [1.54, 1.807) is 6.20 Å². The number of aromatic amines is 2. The summed E-state index contributed by atoms with van der Waals surface area (Å²) in [5, 5.41) is 40.2. The van der Waals surface area contributed by atoms with Gasteiger partial charge in [0.05, 0.1) is 30.1 Å². The molecular weight excluding hydrogens is 680 g/mol. The molecule has 19 N–H and O–H groups in total. The first-order chi connectivity index (χ1) is 24.8. The highest BCUT2D eigenvalue weighted by Gasteiger charge is 2.32. The lowest BCUT2D eigenvalue weighted by Crippen LogP contribution is -2.59.